The lowest BCUT2D eigenvalue weighted by atomic mass is 10.2. The Bertz CT molecular complexity index is 518. The standard InChI is InChI=1S/C12H12BrFN4/c1-8(12-10(14)3-2-6-15-12)16-7-9-4-5-11(13)18-17-9/h2-6,8,16H,7H2,1H3/t8-/m1/s1. The Morgan fingerprint density at radius 3 is 2.83 bits per heavy atom. The van der Waals surface area contributed by atoms with Gasteiger partial charge in [-0.25, -0.2) is 4.39 Å². The van der Waals surface area contributed by atoms with Crippen LogP contribution in [0.2, 0.25) is 0 Å². The maximum atomic E-state index is 13.5. The average Bonchev–Trinajstić information content (AvgIpc) is 2.38. The molecule has 0 fully saturated rings. The van der Waals surface area contributed by atoms with Crippen LogP contribution in [0.4, 0.5) is 4.39 Å². The second-order valence-electron chi connectivity index (χ2n) is 3.82. The normalized spacial score (nSPS) is 12.4. The number of nitrogens with zero attached hydrogens (tertiary/aromatic N) is 3. The van der Waals surface area contributed by atoms with Gasteiger partial charge in [-0.15, -0.1) is 5.10 Å². The molecule has 0 aliphatic heterocycles. The first-order valence-corrected chi connectivity index (χ1v) is 6.28. The molecule has 4 nitrogen and oxygen atoms in total. The third-order valence-electron chi connectivity index (χ3n) is 2.47. The third kappa shape index (κ3) is 3.30. The van der Waals surface area contributed by atoms with Crippen LogP contribution in [0.1, 0.15) is 24.4 Å². The van der Waals surface area contributed by atoms with Gasteiger partial charge in [0.1, 0.15) is 10.4 Å². The van der Waals surface area contributed by atoms with Gasteiger partial charge >= 0.3 is 0 Å². The summed E-state index contributed by atoms with van der Waals surface area (Å²) in [5, 5.41) is 11.0. The summed E-state index contributed by atoms with van der Waals surface area (Å²) in [5.74, 6) is -0.306. The van der Waals surface area contributed by atoms with Crippen molar-refractivity contribution >= 4 is 15.9 Å². The zero-order valence-electron chi connectivity index (χ0n) is 9.77. The van der Waals surface area contributed by atoms with Crippen molar-refractivity contribution in [2.24, 2.45) is 0 Å². The molecule has 18 heavy (non-hydrogen) atoms. The molecule has 0 spiro atoms. The van der Waals surface area contributed by atoms with E-state index in [0.717, 1.165) is 5.69 Å². The van der Waals surface area contributed by atoms with Gasteiger partial charge in [0.2, 0.25) is 0 Å². The molecule has 94 valence electrons. The fourth-order valence-corrected chi connectivity index (χ4v) is 1.72. The van der Waals surface area contributed by atoms with E-state index in [1.54, 1.807) is 12.3 Å². The average molecular weight is 311 g/mol. The number of pyridine rings is 1. The summed E-state index contributed by atoms with van der Waals surface area (Å²) in [4.78, 5) is 4.02. The summed E-state index contributed by atoms with van der Waals surface area (Å²) in [7, 11) is 0. The molecule has 0 bridgehead atoms. The molecule has 2 heterocycles. The first-order chi connectivity index (χ1) is 8.66. The van der Waals surface area contributed by atoms with Gasteiger partial charge in [0.25, 0.3) is 0 Å². The molecule has 0 aromatic carbocycles. The minimum Gasteiger partial charge on any atom is -0.303 e. The SMILES string of the molecule is C[C@@H](NCc1ccc(Br)nn1)c1ncccc1F. The van der Waals surface area contributed by atoms with Crippen molar-refractivity contribution in [2.45, 2.75) is 19.5 Å². The Morgan fingerprint density at radius 1 is 1.33 bits per heavy atom. The first-order valence-electron chi connectivity index (χ1n) is 5.48. The molecule has 0 radical (unpaired) electrons. The zero-order valence-corrected chi connectivity index (χ0v) is 11.4. The van der Waals surface area contributed by atoms with Gasteiger partial charge in [-0.05, 0) is 47.1 Å². The van der Waals surface area contributed by atoms with Crippen LogP contribution >= 0.6 is 15.9 Å². The van der Waals surface area contributed by atoms with Crippen LogP contribution in [0.15, 0.2) is 35.1 Å². The molecule has 0 saturated heterocycles. The Hall–Kier alpha value is -1.40. The second-order valence-corrected chi connectivity index (χ2v) is 4.63. The maximum absolute atomic E-state index is 13.5. The third-order valence-corrected chi connectivity index (χ3v) is 2.90. The van der Waals surface area contributed by atoms with E-state index in [-0.39, 0.29) is 11.9 Å². The van der Waals surface area contributed by atoms with Gasteiger partial charge in [-0.1, -0.05) is 0 Å². The summed E-state index contributed by atoms with van der Waals surface area (Å²) in [6.45, 7) is 2.37. The van der Waals surface area contributed by atoms with Crippen molar-refractivity contribution in [3.8, 4) is 0 Å². The minimum atomic E-state index is -0.306. The number of rotatable bonds is 4. The van der Waals surface area contributed by atoms with Gasteiger partial charge in [-0.3, -0.25) is 4.98 Å². The molecule has 0 saturated carbocycles. The Balaban J connectivity index is 1.98. The van der Waals surface area contributed by atoms with E-state index in [1.165, 1.54) is 6.07 Å². The smallest absolute Gasteiger partial charge is 0.146 e. The van der Waals surface area contributed by atoms with E-state index >= 15 is 0 Å². The highest BCUT2D eigenvalue weighted by molar-refractivity contribution is 9.10. The Morgan fingerprint density at radius 2 is 2.17 bits per heavy atom. The molecule has 2 aromatic heterocycles. The fourth-order valence-electron chi connectivity index (χ4n) is 1.51. The molecule has 6 heteroatoms. The fraction of sp³-hybridized carbons (Fsp3) is 0.250. The zero-order chi connectivity index (χ0) is 13.0. The maximum Gasteiger partial charge on any atom is 0.146 e. The van der Waals surface area contributed by atoms with Gasteiger partial charge < -0.3 is 5.32 Å². The predicted molar refractivity (Wildman–Crippen MR) is 69.2 cm³/mol. The van der Waals surface area contributed by atoms with E-state index in [1.807, 2.05) is 19.1 Å². The van der Waals surface area contributed by atoms with E-state index < -0.39 is 0 Å². The topological polar surface area (TPSA) is 50.7 Å². The van der Waals surface area contributed by atoms with Crippen molar-refractivity contribution in [3.63, 3.8) is 0 Å². The van der Waals surface area contributed by atoms with E-state index in [0.29, 0.717) is 16.8 Å². The second kappa shape index (κ2) is 5.97. The number of nitrogens with one attached hydrogen (secondary N) is 1. The lowest BCUT2D eigenvalue weighted by Crippen LogP contribution is -2.21. The van der Waals surface area contributed by atoms with E-state index in [4.69, 9.17) is 0 Å². The predicted octanol–water partition coefficient (Wildman–Crippen LogP) is 2.62. The van der Waals surface area contributed by atoms with Gasteiger partial charge in [0, 0.05) is 18.8 Å². The molecular formula is C12H12BrFN4. The molecule has 2 rings (SSSR count). The summed E-state index contributed by atoms with van der Waals surface area (Å²) >= 11 is 3.22. The van der Waals surface area contributed by atoms with Crippen molar-refractivity contribution in [1.29, 1.82) is 0 Å². The number of aromatic nitrogens is 3. The quantitative estimate of drug-likeness (QED) is 0.943. The lowest BCUT2D eigenvalue weighted by molar-refractivity contribution is 0.507. The number of hydrogen-bond donors (Lipinski definition) is 1. The van der Waals surface area contributed by atoms with Crippen molar-refractivity contribution in [3.05, 3.63) is 52.3 Å². The van der Waals surface area contributed by atoms with Crippen LogP contribution in [-0.2, 0) is 6.54 Å². The molecule has 2 aromatic rings. The largest absolute Gasteiger partial charge is 0.303 e. The summed E-state index contributed by atoms with van der Waals surface area (Å²) in [5.41, 5.74) is 1.20. The number of hydrogen-bond acceptors (Lipinski definition) is 4. The van der Waals surface area contributed by atoms with Crippen LogP contribution in [-0.4, -0.2) is 15.2 Å². The van der Waals surface area contributed by atoms with Crippen molar-refractivity contribution < 1.29 is 4.39 Å². The molecular weight excluding hydrogens is 299 g/mol. The highest BCUT2D eigenvalue weighted by Crippen LogP contribution is 2.13. The monoisotopic (exact) mass is 310 g/mol. The molecule has 0 unspecified atom stereocenters. The van der Waals surface area contributed by atoms with Crippen LogP contribution in [0.5, 0.6) is 0 Å². The molecule has 0 aliphatic rings. The highest BCUT2D eigenvalue weighted by atomic mass is 79.9. The van der Waals surface area contributed by atoms with Gasteiger partial charge in [-0.2, -0.15) is 5.10 Å². The highest BCUT2D eigenvalue weighted by Gasteiger charge is 2.11. The van der Waals surface area contributed by atoms with Crippen LogP contribution in [0.25, 0.3) is 0 Å². The molecule has 0 aliphatic carbocycles. The van der Waals surface area contributed by atoms with Gasteiger partial charge in [0.15, 0.2) is 0 Å². The van der Waals surface area contributed by atoms with Crippen LogP contribution in [0, 0.1) is 5.82 Å². The Kier molecular flexibility index (Phi) is 4.33. The minimum absolute atomic E-state index is 0.184. The Labute approximate surface area is 113 Å². The van der Waals surface area contributed by atoms with E-state index in [2.05, 4.69) is 36.4 Å². The van der Waals surface area contributed by atoms with Crippen LogP contribution in [0.3, 0.4) is 0 Å². The number of halogens is 2. The molecule has 1 N–H and O–H groups in total. The van der Waals surface area contributed by atoms with E-state index in [9.17, 15) is 4.39 Å². The summed E-state index contributed by atoms with van der Waals surface area (Å²) in [6.07, 6.45) is 1.58. The van der Waals surface area contributed by atoms with Gasteiger partial charge in [0.05, 0.1) is 11.4 Å². The molecule has 0 amide bonds. The first kappa shape index (κ1) is 13.0. The summed E-state index contributed by atoms with van der Waals surface area (Å²) in [6, 6.07) is 6.46. The van der Waals surface area contributed by atoms with Crippen molar-refractivity contribution in [2.75, 3.05) is 0 Å². The van der Waals surface area contributed by atoms with Crippen molar-refractivity contribution in [1.82, 2.24) is 20.5 Å². The molecule has 1 atom stereocenters. The summed E-state index contributed by atoms with van der Waals surface area (Å²) < 4.78 is 14.2. The lowest BCUT2D eigenvalue weighted by Gasteiger charge is -2.13. The van der Waals surface area contributed by atoms with Crippen LogP contribution < -0.4 is 5.32 Å².